The first-order valence-electron chi connectivity index (χ1n) is 9.30. The zero-order valence-corrected chi connectivity index (χ0v) is 16.2. The fourth-order valence-corrected chi connectivity index (χ4v) is 4.10. The Balaban J connectivity index is 1.78. The molecule has 25 heavy (non-hydrogen) atoms. The second-order valence-corrected chi connectivity index (χ2v) is 8.71. The molecule has 2 fully saturated rings. The molecule has 1 aromatic heterocycles. The number of piperazine rings is 1. The Hall–Kier alpha value is -1.69. The third-order valence-corrected chi connectivity index (χ3v) is 5.20. The molecule has 1 N–H and O–H groups in total. The average Bonchev–Trinajstić information content (AvgIpc) is 2.50. The average molecular weight is 345 g/mol. The molecule has 6 heteroatoms. The van der Waals surface area contributed by atoms with Gasteiger partial charge in [0.05, 0.1) is 0 Å². The van der Waals surface area contributed by atoms with Crippen LogP contribution in [0.1, 0.15) is 45.0 Å². The van der Waals surface area contributed by atoms with Gasteiger partial charge in [0, 0.05) is 44.1 Å². The van der Waals surface area contributed by atoms with E-state index in [1.54, 1.807) is 0 Å². The van der Waals surface area contributed by atoms with Crippen LogP contribution in [0.4, 0.5) is 5.95 Å². The first-order valence-corrected chi connectivity index (χ1v) is 9.30. The number of carbonyl (C=O) groups excluding carboxylic acids is 1. The van der Waals surface area contributed by atoms with E-state index in [1.807, 2.05) is 19.9 Å². The summed E-state index contributed by atoms with van der Waals surface area (Å²) in [5.74, 6) is 0.995. The Morgan fingerprint density at radius 2 is 1.72 bits per heavy atom. The fourth-order valence-electron chi connectivity index (χ4n) is 4.10. The highest BCUT2D eigenvalue weighted by Crippen LogP contribution is 2.34. The zero-order valence-electron chi connectivity index (χ0n) is 16.2. The summed E-state index contributed by atoms with van der Waals surface area (Å²) >= 11 is 0. The smallest absolute Gasteiger partial charge is 0.240 e. The monoisotopic (exact) mass is 345 g/mol. The summed E-state index contributed by atoms with van der Waals surface area (Å²) in [4.78, 5) is 26.6. The number of nitrogens with zero attached hydrogens (tertiary/aromatic N) is 4. The predicted octanol–water partition coefficient (Wildman–Crippen LogP) is 1.91. The number of carbonyl (C=O) groups is 1. The summed E-state index contributed by atoms with van der Waals surface area (Å²) in [6.07, 6.45) is 1.65. The summed E-state index contributed by atoms with van der Waals surface area (Å²) in [6.45, 7) is 15.0. The Morgan fingerprint density at radius 3 is 2.28 bits per heavy atom. The SMILES string of the molecule is Cc1cc(C)nc(N2CCC3(CC2)C(=O)NCCN3CC(C)(C)C)n1. The van der Waals surface area contributed by atoms with E-state index in [0.717, 1.165) is 62.9 Å². The molecule has 138 valence electrons. The second kappa shape index (κ2) is 6.56. The van der Waals surface area contributed by atoms with E-state index in [-0.39, 0.29) is 16.9 Å². The minimum absolute atomic E-state index is 0.179. The van der Waals surface area contributed by atoms with Gasteiger partial charge in [-0.05, 0) is 38.2 Å². The van der Waals surface area contributed by atoms with Crippen LogP contribution in [0.25, 0.3) is 0 Å². The van der Waals surface area contributed by atoms with E-state index in [9.17, 15) is 4.79 Å². The van der Waals surface area contributed by atoms with Gasteiger partial charge in [0.25, 0.3) is 0 Å². The Morgan fingerprint density at radius 1 is 1.12 bits per heavy atom. The molecule has 1 spiro atoms. The highest BCUT2D eigenvalue weighted by Gasteiger charge is 2.49. The molecule has 2 saturated heterocycles. The summed E-state index contributed by atoms with van der Waals surface area (Å²) in [5.41, 5.74) is 1.79. The number of aromatic nitrogens is 2. The molecule has 6 nitrogen and oxygen atoms in total. The van der Waals surface area contributed by atoms with Gasteiger partial charge in [0.15, 0.2) is 0 Å². The fraction of sp³-hybridized carbons (Fsp3) is 0.737. The normalized spacial score (nSPS) is 21.5. The lowest BCUT2D eigenvalue weighted by Crippen LogP contribution is -2.69. The number of rotatable bonds is 2. The molecular formula is C19H31N5O. The quantitative estimate of drug-likeness (QED) is 0.887. The molecule has 1 aromatic rings. The van der Waals surface area contributed by atoms with Crippen LogP contribution in [-0.4, -0.2) is 59.0 Å². The predicted molar refractivity (Wildman–Crippen MR) is 99.7 cm³/mol. The Kier molecular flexibility index (Phi) is 4.75. The minimum Gasteiger partial charge on any atom is -0.353 e. The highest BCUT2D eigenvalue weighted by molar-refractivity contribution is 5.87. The third-order valence-electron chi connectivity index (χ3n) is 5.20. The number of aryl methyl sites for hydroxylation is 2. The zero-order chi connectivity index (χ0) is 18.2. The lowest BCUT2D eigenvalue weighted by molar-refractivity contribution is -0.140. The van der Waals surface area contributed by atoms with Crippen molar-refractivity contribution in [3.8, 4) is 0 Å². The van der Waals surface area contributed by atoms with Crippen LogP contribution >= 0.6 is 0 Å². The molecule has 0 radical (unpaired) electrons. The molecule has 0 saturated carbocycles. The molecule has 1 amide bonds. The van der Waals surface area contributed by atoms with Crippen molar-refractivity contribution < 1.29 is 4.79 Å². The summed E-state index contributed by atoms with van der Waals surface area (Å²) in [5, 5.41) is 3.10. The summed E-state index contributed by atoms with van der Waals surface area (Å²) < 4.78 is 0. The molecule has 2 aliphatic heterocycles. The molecule has 3 rings (SSSR count). The van der Waals surface area contributed by atoms with Crippen LogP contribution in [0.5, 0.6) is 0 Å². The van der Waals surface area contributed by atoms with Crippen LogP contribution in [0, 0.1) is 19.3 Å². The molecule has 0 aromatic carbocycles. The van der Waals surface area contributed by atoms with Gasteiger partial charge >= 0.3 is 0 Å². The first-order chi connectivity index (χ1) is 11.7. The number of hydrogen-bond acceptors (Lipinski definition) is 5. The highest BCUT2D eigenvalue weighted by atomic mass is 16.2. The van der Waals surface area contributed by atoms with E-state index in [1.165, 1.54) is 0 Å². The maximum atomic E-state index is 12.8. The van der Waals surface area contributed by atoms with Gasteiger partial charge in [-0.15, -0.1) is 0 Å². The van der Waals surface area contributed by atoms with Gasteiger partial charge in [-0.25, -0.2) is 9.97 Å². The van der Waals surface area contributed by atoms with Crippen molar-refractivity contribution in [3.05, 3.63) is 17.5 Å². The first kappa shape index (κ1) is 18.1. The van der Waals surface area contributed by atoms with Crippen molar-refractivity contribution >= 4 is 11.9 Å². The number of nitrogens with one attached hydrogen (secondary N) is 1. The van der Waals surface area contributed by atoms with E-state index in [2.05, 4.69) is 45.9 Å². The maximum absolute atomic E-state index is 12.8. The van der Waals surface area contributed by atoms with Crippen LogP contribution in [0.3, 0.4) is 0 Å². The lowest BCUT2D eigenvalue weighted by atomic mass is 9.81. The van der Waals surface area contributed by atoms with Gasteiger partial charge < -0.3 is 10.2 Å². The second-order valence-electron chi connectivity index (χ2n) is 8.71. The van der Waals surface area contributed by atoms with Crippen LogP contribution in [0.2, 0.25) is 0 Å². The lowest BCUT2D eigenvalue weighted by Gasteiger charge is -2.51. The van der Waals surface area contributed by atoms with Crippen molar-refractivity contribution in [1.29, 1.82) is 0 Å². The molecular weight excluding hydrogens is 314 g/mol. The molecule has 3 heterocycles. The van der Waals surface area contributed by atoms with Crippen LogP contribution in [0.15, 0.2) is 6.07 Å². The van der Waals surface area contributed by atoms with Crippen LogP contribution < -0.4 is 10.2 Å². The van der Waals surface area contributed by atoms with Crippen molar-refractivity contribution in [1.82, 2.24) is 20.2 Å². The standard InChI is InChI=1S/C19H31N5O/c1-14-12-15(2)22-17(21-14)23-9-6-19(7-10-23)16(25)20-8-11-24(19)13-18(3,4)5/h12H,6-11,13H2,1-5H3,(H,20,25). The van der Waals surface area contributed by atoms with Crippen molar-refractivity contribution in [2.45, 2.75) is 53.0 Å². The van der Waals surface area contributed by atoms with E-state index < -0.39 is 0 Å². The number of piperidine rings is 1. The largest absolute Gasteiger partial charge is 0.353 e. The topological polar surface area (TPSA) is 61.4 Å². The summed E-state index contributed by atoms with van der Waals surface area (Å²) in [7, 11) is 0. The molecule has 0 unspecified atom stereocenters. The van der Waals surface area contributed by atoms with E-state index in [4.69, 9.17) is 0 Å². The number of hydrogen-bond donors (Lipinski definition) is 1. The molecule has 0 atom stereocenters. The number of anilines is 1. The van der Waals surface area contributed by atoms with Gasteiger partial charge in [-0.1, -0.05) is 20.8 Å². The van der Waals surface area contributed by atoms with Crippen LogP contribution in [-0.2, 0) is 4.79 Å². The van der Waals surface area contributed by atoms with Crippen molar-refractivity contribution in [3.63, 3.8) is 0 Å². The van der Waals surface area contributed by atoms with Crippen molar-refractivity contribution in [2.75, 3.05) is 37.6 Å². The van der Waals surface area contributed by atoms with E-state index in [0.29, 0.717) is 0 Å². The van der Waals surface area contributed by atoms with Gasteiger partial charge in [0.1, 0.15) is 5.54 Å². The van der Waals surface area contributed by atoms with Crippen molar-refractivity contribution in [2.24, 2.45) is 5.41 Å². The maximum Gasteiger partial charge on any atom is 0.240 e. The number of amides is 1. The molecule has 0 aliphatic carbocycles. The van der Waals surface area contributed by atoms with E-state index >= 15 is 0 Å². The molecule has 2 aliphatic rings. The third kappa shape index (κ3) is 3.78. The van der Waals surface area contributed by atoms with Gasteiger partial charge in [-0.2, -0.15) is 0 Å². The van der Waals surface area contributed by atoms with Gasteiger partial charge in [-0.3, -0.25) is 9.69 Å². The molecule has 0 bridgehead atoms. The summed E-state index contributed by atoms with van der Waals surface area (Å²) in [6, 6.07) is 1.99. The Labute approximate surface area is 151 Å². The Bertz CT molecular complexity index is 623. The van der Waals surface area contributed by atoms with Gasteiger partial charge in [0.2, 0.25) is 11.9 Å². The minimum atomic E-state index is -0.374.